The van der Waals surface area contributed by atoms with Crippen LogP contribution in [0.5, 0.6) is 0 Å². The zero-order chi connectivity index (χ0) is 25.7. The van der Waals surface area contributed by atoms with Crippen molar-refractivity contribution in [3.8, 4) is 0 Å². The number of rotatable bonds is 16. The quantitative estimate of drug-likeness (QED) is 0.145. The Morgan fingerprint density at radius 1 is 0.879 bits per heavy atom. The zero-order valence-electron chi connectivity index (χ0n) is 20.5. The molecule has 0 saturated carbocycles. The summed E-state index contributed by atoms with van der Waals surface area (Å²) in [6, 6.07) is -4.27. The van der Waals surface area contributed by atoms with Crippen molar-refractivity contribution in [1.82, 2.24) is 16.0 Å². The summed E-state index contributed by atoms with van der Waals surface area (Å²) < 4.78 is 0. The van der Waals surface area contributed by atoms with Gasteiger partial charge in [-0.25, -0.2) is 4.79 Å². The van der Waals surface area contributed by atoms with Crippen LogP contribution in [0.2, 0.25) is 0 Å². The van der Waals surface area contributed by atoms with E-state index in [0.29, 0.717) is 25.8 Å². The van der Waals surface area contributed by atoms with Gasteiger partial charge in [-0.05, 0) is 51.0 Å². The Labute approximate surface area is 196 Å². The van der Waals surface area contributed by atoms with Gasteiger partial charge < -0.3 is 37.6 Å². The molecule has 3 amide bonds. The van der Waals surface area contributed by atoms with Crippen LogP contribution >= 0.6 is 0 Å². The van der Waals surface area contributed by atoms with Crippen molar-refractivity contribution in [2.45, 2.75) is 97.0 Å². The molecule has 192 valence electrons. The lowest BCUT2D eigenvalue weighted by molar-refractivity contribution is -0.144. The normalized spacial score (nSPS) is 16.8. The predicted octanol–water partition coefficient (Wildman–Crippen LogP) is -0.545. The lowest BCUT2D eigenvalue weighted by atomic mass is 9.98. The van der Waals surface area contributed by atoms with Crippen LogP contribution in [0.25, 0.3) is 0 Å². The molecule has 0 aromatic heterocycles. The maximum Gasteiger partial charge on any atom is 0.326 e. The molecular formula is C22H43N5O6. The van der Waals surface area contributed by atoms with E-state index < -0.39 is 54.0 Å². The van der Waals surface area contributed by atoms with Crippen molar-refractivity contribution >= 4 is 23.7 Å². The second-order valence-electron chi connectivity index (χ2n) is 9.01. The van der Waals surface area contributed by atoms with Gasteiger partial charge in [0, 0.05) is 0 Å². The van der Waals surface area contributed by atoms with Crippen molar-refractivity contribution < 1.29 is 29.4 Å². The molecule has 9 N–H and O–H groups in total. The van der Waals surface area contributed by atoms with Gasteiger partial charge in [-0.2, -0.15) is 0 Å². The Balaban J connectivity index is 5.57. The monoisotopic (exact) mass is 473 g/mol. The molecule has 0 aromatic carbocycles. The molecule has 11 nitrogen and oxygen atoms in total. The summed E-state index contributed by atoms with van der Waals surface area (Å²) in [6.45, 7) is 9.07. The molecule has 0 aromatic rings. The van der Waals surface area contributed by atoms with Crippen molar-refractivity contribution in [3.05, 3.63) is 0 Å². The molecule has 0 saturated heterocycles. The highest BCUT2D eigenvalue weighted by molar-refractivity contribution is 5.94. The van der Waals surface area contributed by atoms with Crippen LogP contribution in [0.1, 0.15) is 66.7 Å². The second kappa shape index (κ2) is 15.6. The third-order valence-electron chi connectivity index (χ3n) is 5.52. The van der Waals surface area contributed by atoms with Crippen LogP contribution in [-0.4, -0.2) is 70.7 Å². The van der Waals surface area contributed by atoms with E-state index in [2.05, 4.69) is 16.0 Å². The Morgan fingerprint density at radius 2 is 1.42 bits per heavy atom. The van der Waals surface area contributed by atoms with Crippen LogP contribution in [0, 0.1) is 11.8 Å². The summed E-state index contributed by atoms with van der Waals surface area (Å²) in [6.07, 6.45) is 1.17. The predicted molar refractivity (Wildman–Crippen MR) is 125 cm³/mol. The van der Waals surface area contributed by atoms with Gasteiger partial charge in [0.2, 0.25) is 17.7 Å². The zero-order valence-corrected chi connectivity index (χ0v) is 20.5. The first-order valence-electron chi connectivity index (χ1n) is 11.6. The van der Waals surface area contributed by atoms with Crippen molar-refractivity contribution in [1.29, 1.82) is 0 Å². The molecule has 11 heteroatoms. The van der Waals surface area contributed by atoms with E-state index in [0.717, 1.165) is 0 Å². The summed E-state index contributed by atoms with van der Waals surface area (Å²) in [5.41, 5.74) is 11.2. The number of amides is 3. The van der Waals surface area contributed by atoms with Gasteiger partial charge in [0.15, 0.2) is 0 Å². The highest BCUT2D eigenvalue weighted by atomic mass is 16.4. The maximum atomic E-state index is 13.0. The molecule has 0 aliphatic heterocycles. The number of nitrogens with two attached hydrogens (primary N) is 2. The van der Waals surface area contributed by atoms with Gasteiger partial charge >= 0.3 is 5.97 Å². The Morgan fingerprint density at radius 3 is 1.88 bits per heavy atom. The Bertz CT molecular complexity index is 643. The first-order valence-corrected chi connectivity index (χ1v) is 11.6. The van der Waals surface area contributed by atoms with Gasteiger partial charge in [-0.15, -0.1) is 0 Å². The number of aliphatic hydroxyl groups excluding tert-OH is 1. The van der Waals surface area contributed by atoms with E-state index in [1.807, 2.05) is 20.8 Å². The molecule has 0 aliphatic carbocycles. The largest absolute Gasteiger partial charge is 0.480 e. The third kappa shape index (κ3) is 11.4. The lowest BCUT2D eigenvalue weighted by Crippen LogP contribution is -2.58. The summed E-state index contributed by atoms with van der Waals surface area (Å²) in [5.74, 6) is -3.29. The molecule has 0 aliphatic rings. The van der Waals surface area contributed by atoms with Gasteiger partial charge in [0.05, 0.1) is 6.10 Å². The minimum Gasteiger partial charge on any atom is -0.480 e. The average molecular weight is 474 g/mol. The molecule has 0 radical (unpaired) electrons. The number of aliphatic carboxylic acids is 1. The van der Waals surface area contributed by atoms with Crippen LogP contribution in [0.15, 0.2) is 0 Å². The van der Waals surface area contributed by atoms with E-state index in [1.54, 1.807) is 6.92 Å². The molecule has 0 heterocycles. The number of carboxylic acids is 1. The molecule has 6 unspecified atom stereocenters. The van der Waals surface area contributed by atoms with Gasteiger partial charge in [-0.1, -0.05) is 34.1 Å². The maximum absolute atomic E-state index is 13.0. The van der Waals surface area contributed by atoms with E-state index in [4.69, 9.17) is 11.5 Å². The number of carboxylic acid groups (broad SMARTS) is 1. The summed E-state index contributed by atoms with van der Waals surface area (Å²) >= 11 is 0. The van der Waals surface area contributed by atoms with Crippen LogP contribution < -0.4 is 27.4 Å². The molecule has 0 bridgehead atoms. The summed E-state index contributed by atoms with van der Waals surface area (Å²) in [4.78, 5) is 49.8. The Hall–Kier alpha value is -2.24. The smallest absolute Gasteiger partial charge is 0.326 e. The minimum atomic E-state index is -1.21. The third-order valence-corrected chi connectivity index (χ3v) is 5.52. The molecule has 0 spiro atoms. The highest BCUT2D eigenvalue weighted by Crippen LogP contribution is 2.11. The SMILES string of the molecule is CCC(C)C(NC(=O)C(CCCCN)NC(=O)C(CC(C)C)NC(=O)C(N)C(C)O)C(=O)O. The van der Waals surface area contributed by atoms with Crippen LogP contribution in [-0.2, 0) is 19.2 Å². The van der Waals surface area contributed by atoms with Gasteiger partial charge in [0.25, 0.3) is 0 Å². The van der Waals surface area contributed by atoms with Crippen molar-refractivity contribution in [2.24, 2.45) is 23.3 Å². The number of nitrogens with one attached hydrogen (secondary N) is 3. The molecule has 0 rings (SSSR count). The first-order chi connectivity index (χ1) is 15.3. The van der Waals surface area contributed by atoms with Crippen molar-refractivity contribution in [3.63, 3.8) is 0 Å². The van der Waals surface area contributed by atoms with Gasteiger partial charge in [-0.3, -0.25) is 14.4 Å². The summed E-state index contributed by atoms with van der Waals surface area (Å²) in [7, 11) is 0. The topological polar surface area (TPSA) is 197 Å². The van der Waals surface area contributed by atoms with Crippen LogP contribution in [0.4, 0.5) is 0 Å². The fraction of sp³-hybridized carbons (Fsp3) is 0.818. The standard InChI is InChI=1S/C22H43N5O6/c1-6-13(4)18(22(32)33)27-19(29)15(9-7-8-10-23)25-20(30)16(11-12(2)3)26-21(31)17(24)14(5)28/h12-18,28H,6-11,23-24H2,1-5H3,(H,25,30)(H,26,31)(H,27,29)(H,32,33). The van der Waals surface area contributed by atoms with E-state index in [9.17, 15) is 29.4 Å². The first kappa shape index (κ1) is 30.8. The number of unbranched alkanes of at least 4 members (excludes halogenated alkanes) is 1. The molecule has 33 heavy (non-hydrogen) atoms. The average Bonchev–Trinajstić information content (AvgIpc) is 2.74. The fourth-order valence-electron chi connectivity index (χ4n) is 3.16. The van der Waals surface area contributed by atoms with Gasteiger partial charge in [0.1, 0.15) is 24.2 Å². The summed E-state index contributed by atoms with van der Waals surface area (Å²) in [5, 5.41) is 26.8. The minimum absolute atomic E-state index is 0.0372. The second-order valence-corrected chi connectivity index (χ2v) is 9.01. The molecule has 6 atom stereocenters. The fourth-order valence-corrected chi connectivity index (χ4v) is 3.16. The molecule has 0 fully saturated rings. The number of hydrogen-bond acceptors (Lipinski definition) is 7. The highest BCUT2D eigenvalue weighted by Gasteiger charge is 2.32. The van der Waals surface area contributed by atoms with Crippen LogP contribution in [0.3, 0.4) is 0 Å². The number of carbonyl (C=O) groups is 4. The Kier molecular flexibility index (Phi) is 14.5. The van der Waals surface area contributed by atoms with E-state index >= 15 is 0 Å². The number of carbonyl (C=O) groups excluding carboxylic acids is 3. The number of aliphatic hydroxyl groups is 1. The number of hydrogen-bond donors (Lipinski definition) is 7. The van der Waals surface area contributed by atoms with E-state index in [1.165, 1.54) is 6.92 Å². The lowest BCUT2D eigenvalue weighted by Gasteiger charge is -2.27. The van der Waals surface area contributed by atoms with Crippen molar-refractivity contribution in [2.75, 3.05) is 6.54 Å². The molecular weight excluding hydrogens is 430 g/mol. The van der Waals surface area contributed by atoms with E-state index in [-0.39, 0.29) is 24.7 Å².